The van der Waals surface area contributed by atoms with Gasteiger partial charge in [-0.2, -0.15) is 0 Å². The number of halogens is 2. The highest BCUT2D eigenvalue weighted by atomic mass is 19.1. The van der Waals surface area contributed by atoms with Gasteiger partial charge >= 0.3 is 0 Å². The van der Waals surface area contributed by atoms with Crippen LogP contribution in [0.1, 0.15) is 59.3 Å². The van der Waals surface area contributed by atoms with E-state index in [1.54, 1.807) is 0 Å². The van der Waals surface area contributed by atoms with Crippen molar-refractivity contribution in [3.8, 4) is 0 Å². The minimum absolute atomic E-state index is 0.0394. The molecule has 8 unspecified atom stereocenters. The number of fused-ring (bicyclic) bond motifs is 3. The van der Waals surface area contributed by atoms with Crippen molar-refractivity contribution in [1.29, 1.82) is 0 Å². The van der Waals surface area contributed by atoms with E-state index in [1.807, 2.05) is 6.92 Å². The number of alkyl halides is 2. The van der Waals surface area contributed by atoms with Crippen molar-refractivity contribution in [2.45, 2.75) is 90.0 Å². The highest BCUT2D eigenvalue weighted by molar-refractivity contribution is 5.03. The summed E-state index contributed by atoms with van der Waals surface area (Å²) < 4.78 is 41.0. The topological polar surface area (TPSA) is 18.5 Å². The van der Waals surface area contributed by atoms with Crippen LogP contribution >= 0.6 is 0 Å². The van der Waals surface area contributed by atoms with E-state index in [0.29, 0.717) is 12.5 Å². The van der Waals surface area contributed by atoms with Crippen LogP contribution in [0.15, 0.2) is 0 Å². The molecule has 3 rings (SSSR count). The molecular weight excluding hydrogens is 298 g/mol. The van der Waals surface area contributed by atoms with Crippen molar-refractivity contribution in [3.63, 3.8) is 0 Å². The SMILES string of the molecule is CC(C)CCCOC1CCC2C3CCC(C)C(F)C3OC2C1F. The average Bonchev–Trinajstić information content (AvgIpc) is 2.89. The Morgan fingerprint density at radius 1 is 1.00 bits per heavy atom. The Bertz CT molecular complexity index is 390. The van der Waals surface area contributed by atoms with Crippen LogP contribution in [0.2, 0.25) is 0 Å². The van der Waals surface area contributed by atoms with Gasteiger partial charge in [-0.15, -0.1) is 0 Å². The minimum Gasteiger partial charge on any atom is -0.375 e. The molecule has 4 heteroatoms. The second kappa shape index (κ2) is 7.35. The second-order valence-corrected chi connectivity index (χ2v) is 8.36. The third-order valence-corrected chi connectivity index (χ3v) is 6.23. The van der Waals surface area contributed by atoms with Crippen LogP contribution in [0, 0.1) is 23.7 Å². The summed E-state index contributed by atoms with van der Waals surface area (Å²) in [6.07, 6.45) is 2.43. The molecule has 3 fully saturated rings. The summed E-state index contributed by atoms with van der Waals surface area (Å²) in [5.41, 5.74) is 0. The molecule has 23 heavy (non-hydrogen) atoms. The fourth-order valence-corrected chi connectivity index (χ4v) is 4.82. The van der Waals surface area contributed by atoms with Crippen molar-refractivity contribution in [2.75, 3.05) is 6.61 Å². The zero-order valence-corrected chi connectivity index (χ0v) is 14.7. The smallest absolute Gasteiger partial charge is 0.152 e. The highest BCUT2D eigenvalue weighted by Crippen LogP contribution is 2.50. The number of ether oxygens (including phenoxy) is 2. The molecule has 0 aromatic heterocycles. The number of rotatable bonds is 5. The lowest BCUT2D eigenvalue weighted by molar-refractivity contribution is -0.118. The quantitative estimate of drug-likeness (QED) is 0.680. The van der Waals surface area contributed by atoms with Gasteiger partial charge in [0, 0.05) is 6.61 Å². The molecule has 0 bridgehead atoms. The maximum atomic E-state index is 14.9. The van der Waals surface area contributed by atoms with Crippen molar-refractivity contribution in [1.82, 2.24) is 0 Å². The Labute approximate surface area is 139 Å². The van der Waals surface area contributed by atoms with E-state index in [-0.39, 0.29) is 30.0 Å². The van der Waals surface area contributed by atoms with E-state index in [0.717, 1.165) is 38.5 Å². The molecule has 3 aliphatic rings. The summed E-state index contributed by atoms with van der Waals surface area (Å²) in [5.74, 6) is 1.10. The van der Waals surface area contributed by atoms with Crippen LogP contribution in [-0.4, -0.2) is 37.3 Å². The summed E-state index contributed by atoms with van der Waals surface area (Å²) in [5, 5.41) is 0. The van der Waals surface area contributed by atoms with E-state index in [9.17, 15) is 8.78 Å². The van der Waals surface area contributed by atoms with E-state index in [2.05, 4.69) is 13.8 Å². The molecular formula is C19H32F2O2. The van der Waals surface area contributed by atoms with Gasteiger partial charge in [0.2, 0.25) is 0 Å². The van der Waals surface area contributed by atoms with Crippen LogP contribution in [0.25, 0.3) is 0 Å². The van der Waals surface area contributed by atoms with Crippen molar-refractivity contribution in [2.24, 2.45) is 23.7 Å². The molecule has 134 valence electrons. The fraction of sp³-hybridized carbons (Fsp3) is 1.00. The minimum atomic E-state index is -1.10. The zero-order chi connectivity index (χ0) is 16.6. The van der Waals surface area contributed by atoms with E-state index in [4.69, 9.17) is 9.47 Å². The Balaban J connectivity index is 1.55. The summed E-state index contributed by atoms with van der Waals surface area (Å²) in [6, 6.07) is 0. The molecule has 0 radical (unpaired) electrons. The standard InChI is InChI=1S/C19H32F2O2/c1-11(2)5-4-10-22-15-9-8-14-13-7-6-12(3)16(20)18(13)23-19(14)17(15)21/h11-19H,4-10H2,1-3H3. The maximum absolute atomic E-state index is 14.9. The molecule has 8 atom stereocenters. The first-order valence-electron chi connectivity index (χ1n) is 9.54. The van der Waals surface area contributed by atoms with Crippen LogP contribution in [-0.2, 0) is 9.47 Å². The first-order valence-corrected chi connectivity index (χ1v) is 9.54. The van der Waals surface area contributed by atoms with Crippen LogP contribution in [0.4, 0.5) is 8.78 Å². The molecule has 2 saturated carbocycles. The summed E-state index contributed by atoms with van der Waals surface area (Å²) in [6.45, 7) is 6.94. The first-order chi connectivity index (χ1) is 11.0. The molecule has 0 aromatic carbocycles. The Kier molecular flexibility index (Phi) is 5.62. The molecule has 0 amide bonds. The van der Waals surface area contributed by atoms with Crippen molar-refractivity contribution >= 4 is 0 Å². The van der Waals surface area contributed by atoms with Crippen molar-refractivity contribution in [3.05, 3.63) is 0 Å². The molecule has 2 nitrogen and oxygen atoms in total. The third-order valence-electron chi connectivity index (χ3n) is 6.23. The fourth-order valence-electron chi connectivity index (χ4n) is 4.82. The average molecular weight is 330 g/mol. The van der Waals surface area contributed by atoms with Gasteiger partial charge in [0.1, 0.15) is 6.17 Å². The lowest BCUT2D eigenvalue weighted by Gasteiger charge is -2.37. The first kappa shape index (κ1) is 17.6. The zero-order valence-electron chi connectivity index (χ0n) is 14.7. The largest absolute Gasteiger partial charge is 0.375 e. The van der Waals surface area contributed by atoms with Crippen LogP contribution in [0.3, 0.4) is 0 Å². The monoisotopic (exact) mass is 330 g/mol. The molecule has 2 aliphatic carbocycles. The van der Waals surface area contributed by atoms with Gasteiger partial charge in [0.25, 0.3) is 0 Å². The number of hydrogen-bond acceptors (Lipinski definition) is 2. The normalized spacial score (nSPS) is 46.7. The molecule has 1 heterocycles. The van der Waals surface area contributed by atoms with E-state index < -0.39 is 18.4 Å². The highest BCUT2D eigenvalue weighted by Gasteiger charge is 2.56. The molecule has 1 aliphatic heterocycles. The Morgan fingerprint density at radius 2 is 1.65 bits per heavy atom. The Morgan fingerprint density at radius 3 is 2.35 bits per heavy atom. The van der Waals surface area contributed by atoms with Gasteiger partial charge in [0.05, 0.1) is 18.3 Å². The van der Waals surface area contributed by atoms with E-state index in [1.165, 1.54) is 0 Å². The third kappa shape index (κ3) is 3.58. The lowest BCUT2D eigenvalue weighted by Crippen LogP contribution is -2.44. The van der Waals surface area contributed by atoms with E-state index >= 15 is 0 Å². The molecule has 0 aromatic rings. The van der Waals surface area contributed by atoms with Gasteiger partial charge in [0.15, 0.2) is 6.17 Å². The Hall–Kier alpha value is -0.220. The number of hydrogen-bond donors (Lipinski definition) is 0. The summed E-state index contributed by atoms with van der Waals surface area (Å²) in [4.78, 5) is 0. The van der Waals surface area contributed by atoms with Gasteiger partial charge in [-0.05, 0) is 62.2 Å². The molecule has 0 spiro atoms. The summed E-state index contributed by atoms with van der Waals surface area (Å²) >= 11 is 0. The van der Waals surface area contributed by atoms with Gasteiger partial charge < -0.3 is 9.47 Å². The van der Waals surface area contributed by atoms with Gasteiger partial charge in [-0.3, -0.25) is 0 Å². The molecule has 0 N–H and O–H groups in total. The van der Waals surface area contributed by atoms with Crippen molar-refractivity contribution < 1.29 is 18.3 Å². The predicted molar refractivity (Wildman–Crippen MR) is 86.9 cm³/mol. The summed E-state index contributed by atoms with van der Waals surface area (Å²) in [7, 11) is 0. The maximum Gasteiger partial charge on any atom is 0.152 e. The van der Waals surface area contributed by atoms with Crippen LogP contribution < -0.4 is 0 Å². The van der Waals surface area contributed by atoms with Gasteiger partial charge in [-0.1, -0.05) is 20.8 Å². The lowest BCUT2D eigenvalue weighted by atomic mass is 9.70. The second-order valence-electron chi connectivity index (χ2n) is 8.36. The van der Waals surface area contributed by atoms with Gasteiger partial charge in [-0.25, -0.2) is 8.78 Å². The van der Waals surface area contributed by atoms with Crippen LogP contribution in [0.5, 0.6) is 0 Å². The molecule has 1 saturated heterocycles. The predicted octanol–water partition coefficient (Wildman–Crippen LogP) is 4.71.